The first kappa shape index (κ1) is 27.5. The number of amides is 1. The van der Waals surface area contributed by atoms with Crippen LogP contribution in [0.2, 0.25) is 0 Å². The summed E-state index contributed by atoms with van der Waals surface area (Å²) in [5.41, 5.74) is 2.53. The summed E-state index contributed by atoms with van der Waals surface area (Å²) in [5.74, 6) is 2.83. The predicted octanol–water partition coefficient (Wildman–Crippen LogP) is 5.88. The third kappa shape index (κ3) is 11.0. The minimum absolute atomic E-state index is 0.288. The van der Waals surface area contributed by atoms with Crippen molar-refractivity contribution < 1.29 is 14.0 Å². The first-order valence-electron chi connectivity index (χ1n) is 12.2. The highest BCUT2D eigenvalue weighted by Gasteiger charge is 2.25. The van der Waals surface area contributed by atoms with Gasteiger partial charge in [-0.25, -0.2) is 0 Å². The minimum Gasteiger partial charge on any atom is -0.493 e. The van der Waals surface area contributed by atoms with Gasteiger partial charge in [0.2, 0.25) is 0 Å². The number of carbonyl (C=O) groups excluding carboxylic acids is 1. The van der Waals surface area contributed by atoms with Gasteiger partial charge in [0, 0.05) is 13.1 Å². The van der Waals surface area contributed by atoms with Gasteiger partial charge in [-0.05, 0) is 61.1 Å². The number of quaternary nitrogens is 1. The van der Waals surface area contributed by atoms with E-state index < -0.39 is 0 Å². The molecule has 0 aliphatic heterocycles. The van der Waals surface area contributed by atoms with E-state index in [2.05, 4.69) is 85.7 Å². The van der Waals surface area contributed by atoms with Crippen LogP contribution in [-0.2, 0) is 4.79 Å². The molecule has 1 aromatic rings. The summed E-state index contributed by atoms with van der Waals surface area (Å²) >= 11 is 0. The molecular weight excluding hydrogens is 384 g/mol. The molecule has 0 N–H and O–H groups in total. The lowest BCUT2D eigenvalue weighted by Crippen LogP contribution is -2.50. The van der Waals surface area contributed by atoms with Crippen molar-refractivity contribution in [3.8, 4) is 5.75 Å². The van der Waals surface area contributed by atoms with Gasteiger partial charge >= 0.3 is 0 Å². The van der Waals surface area contributed by atoms with Crippen LogP contribution < -0.4 is 4.74 Å². The van der Waals surface area contributed by atoms with Crippen molar-refractivity contribution in [1.82, 2.24) is 4.90 Å². The normalized spacial score (nSPS) is 12.1. The number of hydrogen-bond acceptors (Lipinski definition) is 2. The first-order chi connectivity index (χ1) is 14.4. The van der Waals surface area contributed by atoms with E-state index >= 15 is 0 Å². The standard InChI is InChI=1S/C27H49N2O2/c1-21(2)18-28(19-22(3)4)27(30)20-29(8,9)15-11-10-12-16-31-26-17-25(23(5)6)14-13-24(26)7/h13-14,17,21-23H,10-12,15-16,18-20H2,1-9H3/q+1. The van der Waals surface area contributed by atoms with E-state index in [0.29, 0.717) is 24.3 Å². The van der Waals surface area contributed by atoms with Gasteiger partial charge in [-0.3, -0.25) is 4.79 Å². The van der Waals surface area contributed by atoms with E-state index in [0.717, 1.165) is 55.7 Å². The molecule has 0 saturated heterocycles. The summed E-state index contributed by atoms with van der Waals surface area (Å²) in [7, 11) is 4.36. The smallest absolute Gasteiger partial charge is 0.277 e. The molecule has 0 aliphatic rings. The number of aryl methyl sites for hydroxylation is 1. The Morgan fingerprint density at radius 3 is 2.13 bits per heavy atom. The molecule has 0 aliphatic carbocycles. The summed E-state index contributed by atoms with van der Waals surface area (Å²) < 4.78 is 6.82. The number of rotatable bonds is 14. The molecule has 0 aromatic heterocycles. The van der Waals surface area contributed by atoms with Crippen LogP contribution in [0, 0.1) is 18.8 Å². The molecule has 0 bridgehead atoms. The van der Waals surface area contributed by atoms with Crippen molar-refractivity contribution in [1.29, 1.82) is 0 Å². The largest absolute Gasteiger partial charge is 0.493 e. The lowest BCUT2D eigenvalue weighted by molar-refractivity contribution is -0.883. The van der Waals surface area contributed by atoms with Crippen LogP contribution in [0.5, 0.6) is 5.75 Å². The minimum atomic E-state index is 0.288. The zero-order valence-corrected chi connectivity index (χ0v) is 21.8. The Hall–Kier alpha value is -1.55. The highest BCUT2D eigenvalue weighted by atomic mass is 16.5. The van der Waals surface area contributed by atoms with Gasteiger partial charge in [-0.15, -0.1) is 0 Å². The molecular formula is C27H49N2O2+. The van der Waals surface area contributed by atoms with Gasteiger partial charge in [-0.2, -0.15) is 0 Å². The summed E-state index contributed by atoms with van der Waals surface area (Å²) in [6, 6.07) is 6.53. The molecule has 1 rings (SSSR count). The van der Waals surface area contributed by atoms with Gasteiger partial charge in [0.15, 0.2) is 6.54 Å². The Morgan fingerprint density at radius 2 is 1.58 bits per heavy atom. The second-order valence-corrected chi connectivity index (χ2v) is 11.0. The van der Waals surface area contributed by atoms with E-state index in [4.69, 9.17) is 4.74 Å². The zero-order chi connectivity index (χ0) is 23.6. The molecule has 178 valence electrons. The second-order valence-electron chi connectivity index (χ2n) is 11.0. The topological polar surface area (TPSA) is 29.5 Å². The van der Waals surface area contributed by atoms with Gasteiger partial charge in [-0.1, -0.05) is 53.7 Å². The van der Waals surface area contributed by atoms with Crippen LogP contribution >= 0.6 is 0 Å². The number of likely N-dealkylation sites (N-methyl/N-ethyl adjacent to an activating group) is 1. The lowest BCUT2D eigenvalue weighted by Gasteiger charge is -2.33. The summed E-state index contributed by atoms with van der Waals surface area (Å²) in [6.45, 7) is 19.3. The second kappa shape index (κ2) is 13.1. The third-order valence-corrected chi connectivity index (χ3v) is 5.63. The molecule has 1 aromatic carbocycles. The quantitative estimate of drug-likeness (QED) is 0.271. The van der Waals surface area contributed by atoms with Crippen molar-refractivity contribution in [2.45, 2.75) is 73.6 Å². The van der Waals surface area contributed by atoms with E-state index in [9.17, 15) is 4.79 Å². The van der Waals surface area contributed by atoms with Gasteiger partial charge < -0.3 is 14.1 Å². The fourth-order valence-corrected chi connectivity index (χ4v) is 3.84. The highest BCUT2D eigenvalue weighted by molar-refractivity contribution is 5.77. The number of nitrogens with zero attached hydrogens (tertiary/aromatic N) is 2. The Labute approximate surface area is 192 Å². The van der Waals surface area contributed by atoms with E-state index in [1.54, 1.807) is 0 Å². The van der Waals surface area contributed by atoms with Crippen molar-refractivity contribution in [3.63, 3.8) is 0 Å². The predicted molar refractivity (Wildman–Crippen MR) is 133 cm³/mol. The molecule has 31 heavy (non-hydrogen) atoms. The van der Waals surface area contributed by atoms with Crippen LogP contribution in [-0.4, -0.2) is 62.2 Å². The van der Waals surface area contributed by atoms with E-state index in [1.807, 2.05) is 0 Å². The van der Waals surface area contributed by atoms with E-state index in [-0.39, 0.29) is 5.91 Å². The molecule has 0 unspecified atom stereocenters. The van der Waals surface area contributed by atoms with Gasteiger partial charge in [0.1, 0.15) is 5.75 Å². The Bertz CT molecular complexity index is 655. The lowest BCUT2D eigenvalue weighted by atomic mass is 10.0. The van der Waals surface area contributed by atoms with Crippen LogP contribution in [0.4, 0.5) is 0 Å². The maximum Gasteiger partial charge on any atom is 0.277 e. The number of unbranched alkanes of at least 4 members (excludes halogenated alkanes) is 2. The van der Waals surface area contributed by atoms with Gasteiger partial charge in [0.05, 0.1) is 27.2 Å². The number of carbonyl (C=O) groups is 1. The maximum absolute atomic E-state index is 12.9. The first-order valence-corrected chi connectivity index (χ1v) is 12.2. The molecule has 0 heterocycles. The Kier molecular flexibility index (Phi) is 11.6. The molecule has 0 fully saturated rings. The zero-order valence-electron chi connectivity index (χ0n) is 21.8. The average Bonchev–Trinajstić information content (AvgIpc) is 2.63. The summed E-state index contributed by atoms with van der Waals surface area (Å²) in [4.78, 5) is 15.0. The number of benzene rings is 1. The summed E-state index contributed by atoms with van der Waals surface area (Å²) in [5, 5.41) is 0. The van der Waals surface area contributed by atoms with Crippen LogP contribution in [0.1, 0.15) is 77.8 Å². The van der Waals surface area contributed by atoms with Crippen LogP contribution in [0.3, 0.4) is 0 Å². The SMILES string of the molecule is Cc1ccc(C(C)C)cc1OCCCCC[N+](C)(C)CC(=O)N(CC(C)C)CC(C)C. The molecule has 0 spiro atoms. The summed E-state index contributed by atoms with van der Waals surface area (Å²) in [6.07, 6.45) is 3.29. The van der Waals surface area contributed by atoms with Crippen molar-refractivity contribution in [3.05, 3.63) is 29.3 Å². The third-order valence-electron chi connectivity index (χ3n) is 5.63. The average molecular weight is 434 g/mol. The fourth-order valence-electron chi connectivity index (χ4n) is 3.84. The fraction of sp³-hybridized carbons (Fsp3) is 0.741. The molecule has 1 amide bonds. The Morgan fingerprint density at radius 1 is 0.968 bits per heavy atom. The molecule has 0 atom stereocenters. The number of ether oxygens (including phenoxy) is 1. The van der Waals surface area contributed by atoms with Crippen molar-refractivity contribution in [2.75, 3.05) is 46.9 Å². The van der Waals surface area contributed by atoms with Crippen molar-refractivity contribution >= 4 is 5.91 Å². The van der Waals surface area contributed by atoms with E-state index in [1.165, 1.54) is 11.1 Å². The van der Waals surface area contributed by atoms with Crippen molar-refractivity contribution in [2.24, 2.45) is 11.8 Å². The van der Waals surface area contributed by atoms with Gasteiger partial charge in [0.25, 0.3) is 5.91 Å². The van der Waals surface area contributed by atoms with Crippen LogP contribution in [0.15, 0.2) is 18.2 Å². The molecule has 4 nitrogen and oxygen atoms in total. The molecule has 0 radical (unpaired) electrons. The molecule has 4 heteroatoms. The highest BCUT2D eigenvalue weighted by Crippen LogP contribution is 2.24. The molecule has 0 saturated carbocycles. The monoisotopic (exact) mass is 433 g/mol. The Balaban J connectivity index is 2.40. The van der Waals surface area contributed by atoms with Crippen LogP contribution in [0.25, 0.3) is 0 Å². The number of hydrogen-bond donors (Lipinski definition) is 0. The maximum atomic E-state index is 12.9.